The predicted octanol–water partition coefficient (Wildman–Crippen LogP) is -1.65. The van der Waals surface area contributed by atoms with Gasteiger partial charge in [-0.15, -0.1) is 0 Å². The van der Waals surface area contributed by atoms with E-state index in [9.17, 15) is 5.11 Å². The van der Waals surface area contributed by atoms with Gasteiger partial charge in [-0.05, 0) is 30.1 Å². The first-order chi connectivity index (χ1) is 8.05. The number of hydrogen-bond donors (Lipinski definition) is 2. The van der Waals surface area contributed by atoms with Gasteiger partial charge in [0.2, 0.25) is 0 Å². The Morgan fingerprint density at radius 3 is 2.88 bits per heavy atom. The predicted molar refractivity (Wildman–Crippen MR) is 77.5 cm³/mol. The lowest BCUT2D eigenvalue weighted by atomic mass is 9.63. The topological polar surface area (TPSA) is 45.4 Å². The lowest BCUT2D eigenvalue weighted by Crippen LogP contribution is -2.50. The zero-order valence-corrected chi connectivity index (χ0v) is 10.5. The molecule has 17 heavy (non-hydrogen) atoms. The lowest BCUT2D eigenvalue weighted by molar-refractivity contribution is 0.113. The number of hydrogen-bond acceptors (Lipinski definition) is 3. The van der Waals surface area contributed by atoms with Gasteiger partial charge in [0.05, 0.1) is 11.8 Å². The molecule has 2 N–H and O–H groups in total. The molecule has 0 radical (unpaired) electrons. The van der Waals surface area contributed by atoms with Gasteiger partial charge in [-0.3, -0.25) is 0 Å². The van der Waals surface area contributed by atoms with Crippen LogP contribution in [0.5, 0.6) is 0 Å². The largest absolute Gasteiger partial charge is 0.464 e. The molecule has 1 heterocycles. The molecule has 0 saturated carbocycles. The van der Waals surface area contributed by atoms with Gasteiger partial charge in [0.1, 0.15) is 29.1 Å². The Morgan fingerprint density at radius 1 is 1.41 bits per heavy atom. The van der Waals surface area contributed by atoms with E-state index in [1.807, 2.05) is 47.8 Å². The van der Waals surface area contributed by atoms with Crippen molar-refractivity contribution in [2.24, 2.45) is 0 Å². The van der Waals surface area contributed by atoms with Gasteiger partial charge in [-0.25, -0.2) is 0 Å². The molecule has 0 aliphatic rings. The van der Waals surface area contributed by atoms with Crippen LogP contribution in [0.15, 0.2) is 34.9 Å². The van der Waals surface area contributed by atoms with Crippen LogP contribution in [0, 0.1) is 0 Å². The van der Waals surface area contributed by atoms with Crippen LogP contribution in [-0.4, -0.2) is 41.0 Å². The molecule has 1 aromatic carbocycles. The van der Waals surface area contributed by atoms with Gasteiger partial charge in [-0.1, -0.05) is 12.1 Å². The minimum absolute atomic E-state index is 0.0140. The average molecular weight is 227 g/mol. The van der Waals surface area contributed by atoms with E-state index in [1.165, 1.54) is 0 Å². The highest BCUT2D eigenvalue weighted by Gasteiger charge is 2.29. The van der Waals surface area contributed by atoms with Crippen LogP contribution in [0.3, 0.4) is 0 Å². The van der Waals surface area contributed by atoms with Crippen LogP contribution >= 0.6 is 0 Å². The summed E-state index contributed by atoms with van der Waals surface area (Å²) in [6.45, 7) is 0. The smallest absolute Gasteiger partial charge is 0.149 e. The fourth-order valence-corrected chi connectivity index (χ4v) is 2.02. The Balaban J connectivity index is 2.36. The van der Waals surface area contributed by atoms with Crippen molar-refractivity contribution >= 4 is 34.5 Å². The molecule has 1 aromatic heterocycles. The molecule has 0 amide bonds. The average Bonchev–Trinajstić information content (AvgIpc) is 2.76. The maximum absolute atomic E-state index is 10.6. The highest BCUT2D eigenvalue weighted by atomic mass is 16.3. The zero-order chi connectivity index (χ0) is 12.5. The second-order valence-electron chi connectivity index (χ2n) is 4.60. The van der Waals surface area contributed by atoms with Gasteiger partial charge >= 0.3 is 0 Å². The first-order valence-electron chi connectivity index (χ1n) is 5.99. The number of aliphatic hydroxyl groups is 1. The van der Waals surface area contributed by atoms with Gasteiger partial charge < -0.3 is 14.8 Å². The maximum atomic E-state index is 10.6. The van der Waals surface area contributed by atoms with Gasteiger partial charge in [0, 0.05) is 5.39 Å². The molecule has 0 fully saturated rings. The number of fused-ring (bicyclic) bond motifs is 1. The molecule has 2 atom stereocenters. The molecule has 0 spiro atoms. The molecular weight excluding hydrogens is 211 g/mol. The van der Waals surface area contributed by atoms with E-state index < -0.39 is 5.50 Å². The quantitative estimate of drug-likeness (QED) is 0.615. The van der Waals surface area contributed by atoms with Gasteiger partial charge in [0.25, 0.3) is 0 Å². The maximum Gasteiger partial charge on any atom is 0.149 e. The molecule has 86 valence electrons. The Kier molecular flexibility index (Phi) is 3.36. The Hall–Kier alpha value is -1.13. The summed E-state index contributed by atoms with van der Waals surface area (Å²) >= 11 is 0. The van der Waals surface area contributed by atoms with Crippen LogP contribution in [0.25, 0.3) is 11.0 Å². The van der Waals surface area contributed by atoms with Gasteiger partial charge in [0.15, 0.2) is 0 Å². The standard InChI is InChI=1S/C11H16B3NO2/c12-6-15-10(13)11(14,16)8-2-1-7-3-4-17-9(7)5-8/h1-5,10,15-16H,6,12-14H2. The SMILES string of the molecule is BCNC(B)C(B)(O)c1ccc2ccoc2c1. The fraction of sp³-hybridized carbons (Fsp3) is 0.273. The van der Waals surface area contributed by atoms with Crippen molar-refractivity contribution in [3.05, 3.63) is 36.1 Å². The fourth-order valence-electron chi connectivity index (χ4n) is 2.02. The number of rotatable bonds is 4. The van der Waals surface area contributed by atoms with E-state index in [2.05, 4.69) is 5.32 Å². The molecule has 2 rings (SSSR count). The van der Waals surface area contributed by atoms with E-state index in [0.29, 0.717) is 0 Å². The van der Waals surface area contributed by atoms with Crippen LogP contribution in [0.1, 0.15) is 5.56 Å². The molecule has 0 saturated heterocycles. The number of benzene rings is 1. The van der Waals surface area contributed by atoms with Crippen LogP contribution in [-0.2, 0) is 5.50 Å². The van der Waals surface area contributed by atoms with E-state index in [4.69, 9.17) is 4.42 Å². The van der Waals surface area contributed by atoms with Crippen molar-refractivity contribution in [1.82, 2.24) is 5.32 Å². The highest BCUT2D eigenvalue weighted by Crippen LogP contribution is 2.25. The van der Waals surface area contributed by atoms with E-state index >= 15 is 0 Å². The molecule has 6 heteroatoms. The number of nitrogens with one attached hydrogen (secondary N) is 1. The first kappa shape index (κ1) is 12.3. The van der Waals surface area contributed by atoms with Crippen LogP contribution in [0.4, 0.5) is 0 Å². The Bertz CT molecular complexity index is 512. The lowest BCUT2D eigenvalue weighted by Gasteiger charge is -2.32. The molecule has 2 aromatic rings. The van der Waals surface area contributed by atoms with Gasteiger partial charge in [-0.2, -0.15) is 0 Å². The third-order valence-electron chi connectivity index (χ3n) is 3.39. The minimum atomic E-state index is -0.906. The summed E-state index contributed by atoms with van der Waals surface area (Å²) in [4.78, 5) is 0. The van der Waals surface area contributed by atoms with Crippen molar-refractivity contribution in [3.63, 3.8) is 0 Å². The summed E-state index contributed by atoms with van der Waals surface area (Å²) in [5.41, 5.74) is 0.775. The molecule has 0 bridgehead atoms. The summed E-state index contributed by atoms with van der Waals surface area (Å²) in [5.74, 6) is -0.0140. The third kappa shape index (κ3) is 2.28. The van der Waals surface area contributed by atoms with Crippen molar-refractivity contribution < 1.29 is 9.52 Å². The van der Waals surface area contributed by atoms with Crippen molar-refractivity contribution in [2.45, 2.75) is 11.4 Å². The monoisotopic (exact) mass is 227 g/mol. The molecule has 2 unspecified atom stereocenters. The summed E-state index contributed by atoms with van der Waals surface area (Å²) in [7, 11) is 5.84. The van der Waals surface area contributed by atoms with E-state index in [0.717, 1.165) is 23.0 Å². The summed E-state index contributed by atoms with van der Waals surface area (Å²) < 4.78 is 5.36. The van der Waals surface area contributed by atoms with E-state index in [-0.39, 0.29) is 5.94 Å². The number of furan rings is 1. The van der Waals surface area contributed by atoms with Crippen molar-refractivity contribution in [1.29, 1.82) is 0 Å². The Morgan fingerprint density at radius 2 is 2.18 bits per heavy atom. The van der Waals surface area contributed by atoms with Crippen LogP contribution < -0.4 is 5.32 Å². The first-order valence-corrected chi connectivity index (χ1v) is 5.99. The highest BCUT2D eigenvalue weighted by molar-refractivity contribution is 6.23. The summed E-state index contributed by atoms with van der Waals surface area (Å²) in [6.07, 6.45) is 2.50. The Labute approximate surface area is 104 Å². The second kappa shape index (κ2) is 4.63. The minimum Gasteiger partial charge on any atom is -0.464 e. The third-order valence-corrected chi connectivity index (χ3v) is 3.39. The molecule has 0 aliphatic carbocycles. The molecule has 0 aliphatic heterocycles. The van der Waals surface area contributed by atoms with Crippen LogP contribution in [0.2, 0.25) is 0 Å². The zero-order valence-electron chi connectivity index (χ0n) is 10.5. The normalized spacial score (nSPS) is 16.8. The van der Waals surface area contributed by atoms with E-state index in [1.54, 1.807) is 6.26 Å². The molecular formula is C11H16B3NO2. The molecule has 3 nitrogen and oxygen atoms in total. The van der Waals surface area contributed by atoms with Crippen molar-refractivity contribution in [3.8, 4) is 0 Å². The summed E-state index contributed by atoms with van der Waals surface area (Å²) in [5, 5.41) is 14.9. The van der Waals surface area contributed by atoms with Crippen molar-refractivity contribution in [2.75, 3.05) is 6.44 Å². The summed E-state index contributed by atoms with van der Waals surface area (Å²) in [6, 6.07) is 7.75. The second-order valence-corrected chi connectivity index (χ2v) is 4.60.